The molecule has 0 aliphatic rings. The summed E-state index contributed by atoms with van der Waals surface area (Å²) in [6.07, 6.45) is 9.60. The van der Waals surface area contributed by atoms with Crippen LogP contribution in [0.1, 0.15) is 41.4 Å². The van der Waals surface area contributed by atoms with Crippen molar-refractivity contribution in [3.63, 3.8) is 0 Å². The summed E-state index contributed by atoms with van der Waals surface area (Å²) in [4.78, 5) is 71.4. The third-order valence-corrected chi connectivity index (χ3v) is 9.25. The van der Waals surface area contributed by atoms with Crippen LogP contribution >= 0.6 is 0 Å². The van der Waals surface area contributed by atoms with E-state index < -0.39 is 23.9 Å². The molecular formula is C50H40N6O8Ru+2. The third-order valence-electron chi connectivity index (χ3n) is 9.25. The Morgan fingerprint density at radius 1 is 0.308 bits per heavy atom. The van der Waals surface area contributed by atoms with Crippen molar-refractivity contribution in [2.24, 2.45) is 0 Å². The van der Waals surface area contributed by atoms with Gasteiger partial charge < -0.3 is 18.9 Å². The van der Waals surface area contributed by atoms with Crippen LogP contribution in [0, 0.1) is 0 Å². The normalized spacial score (nSPS) is 9.97. The molecule has 6 heterocycles. The zero-order valence-corrected chi connectivity index (χ0v) is 37.2. The summed E-state index contributed by atoms with van der Waals surface area (Å²) in [5.41, 5.74) is 9.76. The Bertz CT molecular complexity index is 2570. The first kappa shape index (κ1) is 47.9. The Kier molecular flexibility index (Phi) is 17.6. The van der Waals surface area contributed by atoms with Crippen LogP contribution in [0.5, 0.6) is 0 Å². The number of carbonyl (C=O) groups is 4. The monoisotopic (exact) mass is 954 g/mol. The maximum absolute atomic E-state index is 11.5. The molecule has 0 unspecified atom stereocenters. The molecule has 0 fully saturated rings. The Labute approximate surface area is 387 Å². The summed E-state index contributed by atoms with van der Waals surface area (Å²) in [5.74, 6) is -1.84. The summed E-state index contributed by atoms with van der Waals surface area (Å²) >= 11 is 0. The van der Waals surface area contributed by atoms with Gasteiger partial charge in [-0.05, 0) is 95.1 Å². The van der Waals surface area contributed by atoms with Gasteiger partial charge in [-0.1, -0.05) is 60.7 Å². The van der Waals surface area contributed by atoms with Gasteiger partial charge in [0, 0.05) is 37.2 Å². The number of methoxy groups -OCH3 is 4. The standard InChI is InChI=1S/C22H16N2.2C14H12N2O4.Ru/c1-3-7-17(8-4-1)19-11-13-23-21(15-19)22-16-20(12-14-24-22)18-9-5-2-6-10-18;2*1-19-13(17)9-3-5-15-11(7-9)12-8-10(4-6-16-12)14(18)20-2;/h1-16H;2*3-8H,1-2H3;/q;;;+2. The fourth-order valence-electron chi connectivity index (χ4n) is 6.02. The molecule has 0 saturated carbocycles. The molecule has 15 heteroatoms. The number of nitrogens with zero attached hydrogens (tertiary/aromatic N) is 6. The number of benzene rings is 2. The maximum Gasteiger partial charge on any atom is 2.00 e. The van der Waals surface area contributed by atoms with Crippen molar-refractivity contribution in [2.45, 2.75) is 0 Å². The number of hydrogen-bond donors (Lipinski definition) is 0. The topological polar surface area (TPSA) is 183 Å². The summed E-state index contributed by atoms with van der Waals surface area (Å²) in [6, 6.07) is 41.2. The molecule has 0 bridgehead atoms. The van der Waals surface area contributed by atoms with Crippen LogP contribution in [0.2, 0.25) is 0 Å². The van der Waals surface area contributed by atoms with Crippen LogP contribution in [-0.4, -0.2) is 82.2 Å². The molecule has 0 amide bonds. The van der Waals surface area contributed by atoms with Gasteiger partial charge in [0.1, 0.15) is 0 Å². The number of ether oxygens (including phenoxy) is 4. The van der Waals surface area contributed by atoms with Gasteiger partial charge in [-0.15, -0.1) is 0 Å². The zero-order valence-electron chi connectivity index (χ0n) is 35.5. The van der Waals surface area contributed by atoms with Gasteiger partial charge in [-0.25, -0.2) is 19.2 Å². The molecule has 0 spiro atoms. The molecule has 2 aromatic carbocycles. The molecule has 0 radical (unpaired) electrons. The van der Waals surface area contributed by atoms with Crippen LogP contribution < -0.4 is 0 Å². The van der Waals surface area contributed by atoms with Crippen LogP contribution in [0.4, 0.5) is 0 Å². The summed E-state index contributed by atoms with van der Waals surface area (Å²) in [5, 5.41) is 0. The van der Waals surface area contributed by atoms with E-state index in [1.165, 1.54) is 64.4 Å². The smallest absolute Gasteiger partial charge is 0.465 e. The Hall–Kier alpha value is -8.16. The molecule has 14 nitrogen and oxygen atoms in total. The molecule has 0 aliphatic heterocycles. The minimum absolute atomic E-state index is 0. The van der Waals surface area contributed by atoms with Gasteiger partial charge in [-0.2, -0.15) is 0 Å². The van der Waals surface area contributed by atoms with Gasteiger partial charge >= 0.3 is 43.4 Å². The maximum atomic E-state index is 11.5. The number of pyridine rings is 6. The fraction of sp³-hybridized carbons (Fsp3) is 0.0800. The third kappa shape index (κ3) is 12.9. The molecule has 0 saturated heterocycles. The minimum atomic E-state index is -0.460. The molecule has 8 aromatic rings. The van der Waals surface area contributed by atoms with Crippen LogP contribution in [-0.2, 0) is 38.4 Å². The van der Waals surface area contributed by atoms with Crippen LogP contribution in [0.15, 0.2) is 171 Å². The second kappa shape index (κ2) is 23.9. The van der Waals surface area contributed by atoms with Crippen molar-refractivity contribution in [3.8, 4) is 56.4 Å². The number of esters is 4. The Morgan fingerprint density at radius 3 is 0.785 bits per heavy atom. The molecular weight excluding hydrogens is 914 g/mol. The Morgan fingerprint density at radius 2 is 0.538 bits per heavy atom. The van der Waals surface area contributed by atoms with E-state index >= 15 is 0 Å². The first-order chi connectivity index (χ1) is 31.2. The van der Waals surface area contributed by atoms with E-state index in [4.69, 9.17) is 0 Å². The van der Waals surface area contributed by atoms with Crippen molar-refractivity contribution >= 4 is 23.9 Å². The molecule has 0 N–H and O–H groups in total. The van der Waals surface area contributed by atoms with Crippen molar-refractivity contribution < 1.29 is 57.6 Å². The van der Waals surface area contributed by atoms with Crippen LogP contribution in [0.3, 0.4) is 0 Å². The molecule has 65 heavy (non-hydrogen) atoms. The van der Waals surface area contributed by atoms with Crippen LogP contribution in [0.25, 0.3) is 56.4 Å². The minimum Gasteiger partial charge on any atom is -0.465 e. The molecule has 8 rings (SSSR count). The van der Waals surface area contributed by atoms with Gasteiger partial charge in [0.2, 0.25) is 0 Å². The molecule has 324 valence electrons. The SMILES string of the molecule is COC(=O)c1ccnc(-c2cc(C(=O)OC)ccn2)c1.COC(=O)c1ccnc(-c2cc(C(=O)OC)ccn2)c1.[Ru+2].c1ccc(-c2ccnc(-c3cc(-c4ccccc4)ccn3)c2)cc1. The molecule has 0 atom stereocenters. The van der Waals surface area contributed by atoms with Gasteiger partial charge in [0.25, 0.3) is 0 Å². The summed E-state index contributed by atoms with van der Waals surface area (Å²) in [7, 11) is 5.22. The second-order valence-electron chi connectivity index (χ2n) is 13.3. The summed E-state index contributed by atoms with van der Waals surface area (Å²) < 4.78 is 18.6. The number of aromatic nitrogens is 6. The first-order valence-corrected chi connectivity index (χ1v) is 19.4. The van der Waals surface area contributed by atoms with E-state index in [0.717, 1.165) is 22.5 Å². The number of carbonyl (C=O) groups excluding carboxylic acids is 4. The Balaban J connectivity index is 0.000000183. The van der Waals surface area contributed by atoms with E-state index in [0.29, 0.717) is 45.0 Å². The van der Waals surface area contributed by atoms with Crippen molar-refractivity contribution in [3.05, 3.63) is 193 Å². The fourth-order valence-corrected chi connectivity index (χ4v) is 6.02. The van der Waals surface area contributed by atoms with E-state index in [2.05, 4.69) is 85.2 Å². The number of hydrogen-bond acceptors (Lipinski definition) is 14. The molecule has 6 aromatic heterocycles. The average molecular weight is 954 g/mol. The quantitative estimate of drug-likeness (QED) is 0.0759. The largest absolute Gasteiger partial charge is 2.00 e. The van der Waals surface area contributed by atoms with E-state index in [9.17, 15) is 19.2 Å². The predicted molar refractivity (Wildman–Crippen MR) is 239 cm³/mol. The zero-order chi connectivity index (χ0) is 45.3. The second-order valence-corrected chi connectivity index (χ2v) is 13.3. The van der Waals surface area contributed by atoms with Gasteiger partial charge in [0.15, 0.2) is 0 Å². The number of rotatable bonds is 9. The van der Waals surface area contributed by atoms with E-state index in [1.54, 1.807) is 48.5 Å². The first-order valence-electron chi connectivity index (χ1n) is 19.4. The van der Waals surface area contributed by atoms with E-state index in [1.807, 2.05) is 60.9 Å². The summed E-state index contributed by atoms with van der Waals surface area (Å²) in [6.45, 7) is 0. The van der Waals surface area contributed by atoms with Crippen molar-refractivity contribution in [1.82, 2.24) is 29.9 Å². The predicted octanol–water partition coefficient (Wildman–Crippen LogP) is 8.91. The molecule has 0 aliphatic carbocycles. The van der Waals surface area contributed by atoms with Gasteiger partial charge in [0.05, 0.1) is 84.9 Å². The van der Waals surface area contributed by atoms with Crippen molar-refractivity contribution in [1.29, 1.82) is 0 Å². The van der Waals surface area contributed by atoms with Crippen molar-refractivity contribution in [2.75, 3.05) is 28.4 Å². The van der Waals surface area contributed by atoms with Gasteiger partial charge in [-0.3, -0.25) is 29.9 Å². The average Bonchev–Trinajstić information content (AvgIpc) is 3.38. The van der Waals surface area contributed by atoms with E-state index in [-0.39, 0.29) is 19.5 Å².